The zero-order valence-corrected chi connectivity index (χ0v) is 18.3. The molecular weight excluding hydrogens is 416 g/mol. The first kappa shape index (κ1) is 19.9. The first-order valence-electron chi connectivity index (χ1n) is 9.39. The van der Waals surface area contributed by atoms with E-state index in [1.165, 1.54) is 15.6 Å². The van der Waals surface area contributed by atoms with Crippen LogP contribution in [0.25, 0.3) is 0 Å². The summed E-state index contributed by atoms with van der Waals surface area (Å²) in [6.07, 6.45) is 0.814. The van der Waals surface area contributed by atoms with Gasteiger partial charge in [0.1, 0.15) is 0 Å². The number of hydrogen-bond acceptors (Lipinski definition) is 4. The standard InChI is InChI=1S/C20H23ClN2O3S2/c1-13-11-19(14(2)27-13)28(25,26)23-9-7-22(8-10-23)20(24)17-12-16(17)15-5-3-4-6-18(15)21/h3-6,11,16-17H,7-10,12H2,1-2H3. The molecule has 0 spiro atoms. The molecule has 1 aromatic heterocycles. The molecule has 4 rings (SSSR count). The summed E-state index contributed by atoms with van der Waals surface area (Å²) < 4.78 is 27.4. The summed E-state index contributed by atoms with van der Waals surface area (Å²) in [4.78, 5) is 16.9. The van der Waals surface area contributed by atoms with Crippen LogP contribution in [0.2, 0.25) is 5.02 Å². The van der Waals surface area contributed by atoms with E-state index in [2.05, 4.69) is 0 Å². The highest BCUT2D eigenvalue weighted by molar-refractivity contribution is 7.89. The van der Waals surface area contributed by atoms with E-state index in [0.29, 0.717) is 36.1 Å². The second-order valence-corrected chi connectivity index (χ2v) is 11.3. The number of halogens is 1. The summed E-state index contributed by atoms with van der Waals surface area (Å²) in [5.41, 5.74) is 1.03. The molecule has 2 aromatic rings. The van der Waals surface area contributed by atoms with Gasteiger partial charge in [0, 0.05) is 46.9 Å². The van der Waals surface area contributed by atoms with Gasteiger partial charge in [-0.25, -0.2) is 8.42 Å². The number of nitrogens with zero attached hydrogens (tertiary/aromatic N) is 2. The summed E-state index contributed by atoms with van der Waals surface area (Å²) in [5, 5.41) is 0.708. The molecule has 1 aromatic carbocycles. The van der Waals surface area contributed by atoms with Crippen LogP contribution in [-0.4, -0.2) is 49.7 Å². The Kier molecular flexibility index (Phi) is 5.29. The molecule has 1 aliphatic heterocycles. The number of benzene rings is 1. The Morgan fingerprint density at radius 1 is 1.14 bits per heavy atom. The van der Waals surface area contributed by atoms with Gasteiger partial charge in [-0.3, -0.25) is 4.79 Å². The lowest BCUT2D eigenvalue weighted by atomic mass is 10.1. The number of aryl methyl sites for hydroxylation is 2. The van der Waals surface area contributed by atoms with Crippen LogP contribution in [0.1, 0.15) is 27.7 Å². The summed E-state index contributed by atoms with van der Waals surface area (Å²) in [6.45, 7) is 5.31. The van der Waals surface area contributed by atoms with Gasteiger partial charge in [0.15, 0.2) is 0 Å². The van der Waals surface area contributed by atoms with E-state index in [1.807, 2.05) is 38.1 Å². The van der Waals surface area contributed by atoms with Crippen LogP contribution in [0.3, 0.4) is 0 Å². The minimum absolute atomic E-state index is 0.0372. The molecule has 28 heavy (non-hydrogen) atoms. The summed E-state index contributed by atoms with van der Waals surface area (Å²) >= 11 is 7.76. The monoisotopic (exact) mass is 438 g/mol. The Bertz CT molecular complexity index is 1010. The molecule has 1 saturated carbocycles. The van der Waals surface area contributed by atoms with E-state index in [4.69, 9.17) is 11.6 Å². The van der Waals surface area contributed by atoms with Gasteiger partial charge < -0.3 is 4.90 Å². The molecule has 0 bridgehead atoms. The molecule has 2 heterocycles. The Hall–Kier alpha value is -1.41. The maximum atomic E-state index is 12.9. The average Bonchev–Trinajstić information content (AvgIpc) is 3.38. The summed E-state index contributed by atoms with van der Waals surface area (Å²) in [5.74, 6) is 0.258. The van der Waals surface area contributed by atoms with Crippen molar-refractivity contribution < 1.29 is 13.2 Å². The lowest BCUT2D eigenvalue weighted by Gasteiger charge is -2.34. The molecule has 1 amide bonds. The molecule has 150 valence electrons. The van der Waals surface area contributed by atoms with Crippen LogP contribution in [0.15, 0.2) is 35.2 Å². The molecule has 2 fully saturated rings. The molecule has 0 N–H and O–H groups in total. The summed E-state index contributed by atoms with van der Waals surface area (Å²) in [7, 11) is -3.50. The summed E-state index contributed by atoms with van der Waals surface area (Å²) in [6, 6.07) is 9.41. The molecule has 1 saturated heterocycles. The molecule has 2 unspecified atom stereocenters. The van der Waals surface area contributed by atoms with Crippen LogP contribution in [0.5, 0.6) is 0 Å². The molecule has 1 aliphatic carbocycles. The number of hydrogen-bond donors (Lipinski definition) is 0. The number of carbonyl (C=O) groups is 1. The Balaban J connectivity index is 1.39. The number of carbonyl (C=O) groups excluding carboxylic acids is 1. The van der Waals surface area contributed by atoms with Gasteiger partial charge in [-0.1, -0.05) is 29.8 Å². The predicted molar refractivity (Wildman–Crippen MR) is 111 cm³/mol. The highest BCUT2D eigenvalue weighted by Gasteiger charge is 2.47. The number of amides is 1. The Labute approximate surface area is 175 Å². The third kappa shape index (κ3) is 3.61. The van der Waals surface area contributed by atoms with E-state index >= 15 is 0 Å². The van der Waals surface area contributed by atoms with Crippen molar-refractivity contribution in [3.63, 3.8) is 0 Å². The average molecular weight is 439 g/mol. The number of rotatable bonds is 4. The van der Waals surface area contributed by atoms with Gasteiger partial charge in [-0.15, -0.1) is 11.3 Å². The first-order chi connectivity index (χ1) is 13.3. The first-order valence-corrected chi connectivity index (χ1v) is 12.0. The maximum Gasteiger partial charge on any atom is 0.244 e. The van der Waals surface area contributed by atoms with Crippen LogP contribution >= 0.6 is 22.9 Å². The quantitative estimate of drug-likeness (QED) is 0.732. The van der Waals surface area contributed by atoms with Gasteiger partial charge in [-0.05, 0) is 43.9 Å². The van der Waals surface area contributed by atoms with Crippen LogP contribution in [0.4, 0.5) is 0 Å². The normalized spacial score (nSPS) is 23.0. The SMILES string of the molecule is Cc1cc(S(=O)(=O)N2CCN(C(=O)C3CC3c3ccccc3Cl)CC2)c(C)s1. The predicted octanol–water partition coefficient (Wildman–Crippen LogP) is 3.65. The fraction of sp³-hybridized carbons (Fsp3) is 0.450. The fourth-order valence-corrected chi connectivity index (χ4v) is 7.20. The van der Waals surface area contributed by atoms with Gasteiger partial charge in [0.2, 0.25) is 15.9 Å². The van der Waals surface area contributed by atoms with E-state index in [9.17, 15) is 13.2 Å². The van der Waals surface area contributed by atoms with E-state index in [-0.39, 0.29) is 17.7 Å². The van der Waals surface area contributed by atoms with Crippen molar-refractivity contribution in [1.29, 1.82) is 0 Å². The van der Waals surface area contributed by atoms with Crippen molar-refractivity contribution in [3.05, 3.63) is 50.7 Å². The van der Waals surface area contributed by atoms with Crippen molar-refractivity contribution in [2.45, 2.75) is 31.1 Å². The van der Waals surface area contributed by atoms with Crippen molar-refractivity contribution in [2.75, 3.05) is 26.2 Å². The van der Waals surface area contributed by atoms with Gasteiger partial charge in [-0.2, -0.15) is 4.31 Å². The zero-order valence-electron chi connectivity index (χ0n) is 15.9. The van der Waals surface area contributed by atoms with Crippen molar-refractivity contribution >= 4 is 38.9 Å². The molecule has 0 radical (unpaired) electrons. The lowest BCUT2D eigenvalue weighted by molar-refractivity contribution is -0.133. The van der Waals surface area contributed by atoms with Crippen molar-refractivity contribution in [3.8, 4) is 0 Å². The third-order valence-electron chi connectivity index (χ3n) is 5.58. The molecule has 2 aliphatic rings. The van der Waals surface area contributed by atoms with Crippen LogP contribution in [0, 0.1) is 19.8 Å². The molecule has 8 heteroatoms. The van der Waals surface area contributed by atoms with E-state index in [1.54, 1.807) is 11.0 Å². The molecular formula is C20H23ClN2O3S2. The Morgan fingerprint density at radius 2 is 1.82 bits per heavy atom. The van der Waals surface area contributed by atoms with Gasteiger partial charge >= 0.3 is 0 Å². The Morgan fingerprint density at radius 3 is 2.43 bits per heavy atom. The zero-order chi connectivity index (χ0) is 20.1. The number of thiophene rings is 1. The number of sulfonamides is 1. The topological polar surface area (TPSA) is 57.7 Å². The third-order valence-corrected chi connectivity index (χ3v) is 9.04. The highest BCUT2D eigenvalue weighted by Crippen LogP contribution is 2.50. The highest BCUT2D eigenvalue weighted by atomic mass is 35.5. The van der Waals surface area contributed by atoms with Crippen LogP contribution < -0.4 is 0 Å². The van der Waals surface area contributed by atoms with Crippen molar-refractivity contribution in [2.24, 2.45) is 5.92 Å². The lowest BCUT2D eigenvalue weighted by Crippen LogP contribution is -2.51. The second kappa shape index (κ2) is 7.44. The molecule has 2 atom stereocenters. The van der Waals surface area contributed by atoms with Crippen molar-refractivity contribution in [1.82, 2.24) is 9.21 Å². The molecule has 5 nitrogen and oxygen atoms in total. The van der Waals surface area contributed by atoms with Gasteiger partial charge in [0.05, 0.1) is 4.90 Å². The largest absolute Gasteiger partial charge is 0.340 e. The fourth-order valence-electron chi connectivity index (χ4n) is 3.97. The second-order valence-electron chi connectivity index (χ2n) is 7.48. The number of piperazine rings is 1. The minimum Gasteiger partial charge on any atom is -0.340 e. The smallest absolute Gasteiger partial charge is 0.244 e. The van der Waals surface area contributed by atoms with Gasteiger partial charge in [0.25, 0.3) is 0 Å². The maximum absolute atomic E-state index is 12.9. The van der Waals surface area contributed by atoms with E-state index in [0.717, 1.165) is 21.7 Å². The van der Waals surface area contributed by atoms with Crippen LogP contribution in [-0.2, 0) is 14.8 Å². The van der Waals surface area contributed by atoms with E-state index < -0.39 is 10.0 Å². The minimum atomic E-state index is -3.50.